The Labute approximate surface area is 145 Å². The molecule has 3 rings (SSSR count). The molecular weight excluding hydrogens is 326 g/mol. The summed E-state index contributed by atoms with van der Waals surface area (Å²) in [4.78, 5) is 0.272. The number of nitrogens with zero attached hydrogens (tertiary/aromatic N) is 1. The van der Waals surface area contributed by atoms with Crippen molar-refractivity contribution in [3.8, 4) is 5.75 Å². The number of aryl methyl sites for hydroxylation is 1. The van der Waals surface area contributed by atoms with Crippen LogP contribution in [0, 0.1) is 12.3 Å². The van der Waals surface area contributed by atoms with Gasteiger partial charge in [0, 0.05) is 25.6 Å². The van der Waals surface area contributed by atoms with Gasteiger partial charge < -0.3 is 9.47 Å². The highest BCUT2D eigenvalue weighted by molar-refractivity contribution is 7.89. The van der Waals surface area contributed by atoms with Crippen molar-refractivity contribution in [2.45, 2.75) is 50.0 Å². The van der Waals surface area contributed by atoms with Crippen molar-refractivity contribution in [2.24, 2.45) is 5.41 Å². The summed E-state index contributed by atoms with van der Waals surface area (Å²) in [6, 6.07) is 5.31. The minimum Gasteiger partial charge on any atom is -0.495 e. The maximum absolute atomic E-state index is 13.3. The topological polar surface area (TPSA) is 55.8 Å². The highest BCUT2D eigenvalue weighted by Gasteiger charge is 2.48. The molecule has 1 heterocycles. The average molecular weight is 353 g/mol. The Morgan fingerprint density at radius 2 is 1.96 bits per heavy atom. The molecule has 0 radical (unpaired) electrons. The number of hydrogen-bond acceptors (Lipinski definition) is 4. The predicted octanol–water partition coefficient (Wildman–Crippen LogP) is 2.97. The van der Waals surface area contributed by atoms with Gasteiger partial charge in [-0.25, -0.2) is 8.42 Å². The van der Waals surface area contributed by atoms with E-state index in [1.165, 1.54) is 7.11 Å². The van der Waals surface area contributed by atoms with Gasteiger partial charge in [-0.3, -0.25) is 0 Å². The molecule has 1 saturated carbocycles. The van der Waals surface area contributed by atoms with Crippen molar-refractivity contribution in [1.82, 2.24) is 4.31 Å². The third kappa shape index (κ3) is 2.95. The van der Waals surface area contributed by atoms with E-state index >= 15 is 0 Å². The number of benzene rings is 1. The standard InChI is InChI=1S/C18H27NO4S/c1-14-7-8-15(22-2)16(12-14)24(20,21)19-11-5-10-18(13-19)9-4-6-17(18)23-3/h7-8,12,17H,4-6,9-11,13H2,1-3H3/t17-,18+/m1/s1. The number of piperidine rings is 1. The van der Waals surface area contributed by atoms with Gasteiger partial charge in [-0.05, 0) is 50.3 Å². The molecule has 6 heteroatoms. The minimum absolute atomic E-state index is 0.0306. The smallest absolute Gasteiger partial charge is 0.246 e. The van der Waals surface area contributed by atoms with Gasteiger partial charge in [-0.1, -0.05) is 12.5 Å². The van der Waals surface area contributed by atoms with Crippen molar-refractivity contribution in [3.63, 3.8) is 0 Å². The first kappa shape index (κ1) is 17.7. The quantitative estimate of drug-likeness (QED) is 0.835. The van der Waals surface area contributed by atoms with Crippen molar-refractivity contribution >= 4 is 10.0 Å². The lowest BCUT2D eigenvalue weighted by molar-refractivity contribution is -0.0185. The Bertz CT molecular complexity index is 703. The van der Waals surface area contributed by atoms with Gasteiger partial charge in [0.05, 0.1) is 13.2 Å². The maximum Gasteiger partial charge on any atom is 0.246 e. The zero-order valence-electron chi connectivity index (χ0n) is 14.7. The minimum atomic E-state index is -3.57. The predicted molar refractivity (Wildman–Crippen MR) is 92.8 cm³/mol. The summed E-state index contributed by atoms with van der Waals surface area (Å²) in [5.41, 5.74) is 0.883. The molecule has 2 atom stereocenters. The largest absolute Gasteiger partial charge is 0.495 e. The highest BCUT2D eigenvalue weighted by Crippen LogP contribution is 2.47. The summed E-state index contributed by atoms with van der Waals surface area (Å²) in [6.07, 6.45) is 5.27. The van der Waals surface area contributed by atoms with E-state index < -0.39 is 10.0 Å². The maximum atomic E-state index is 13.3. The number of ether oxygens (including phenoxy) is 2. The first-order valence-corrected chi connectivity index (χ1v) is 10.0. The molecule has 1 aromatic carbocycles. The molecule has 24 heavy (non-hydrogen) atoms. The number of hydrogen-bond donors (Lipinski definition) is 0. The van der Waals surface area contributed by atoms with Crippen LogP contribution in [-0.4, -0.2) is 46.1 Å². The lowest BCUT2D eigenvalue weighted by Crippen LogP contribution is -2.49. The normalized spacial score (nSPS) is 28.4. The third-order valence-electron chi connectivity index (χ3n) is 5.62. The number of rotatable bonds is 4. The molecule has 0 unspecified atom stereocenters. The van der Waals surface area contributed by atoms with E-state index in [4.69, 9.17) is 9.47 Å². The van der Waals surface area contributed by atoms with E-state index in [0.29, 0.717) is 18.8 Å². The molecule has 5 nitrogen and oxygen atoms in total. The Hall–Kier alpha value is -1.11. The monoisotopic (exact) mass is 353 g/mol. The molecular formula is C18H27NO4S. The summed E-state index contributed by atoms with van der Waals surface area (Å²) < 4.78 is 39.2. The van der Waals surface area contributed by atoms with Gasteiger partial charge in [0.1, 0.15) is 10.6 Å². The van der Waals surface area contributed by atoms with Crippen molar-refractivity contribution in [2.75, 3.05) is 27.3 Å². The van der Waals surface area contributed by atoms with Gasteiger partial charge in [-0.15, -0.1) is 0 Å². The van der Waals surface area contributed by atoms with Crippen LogP contribution >= 0.6 is 0 Å². The molecule has 134 valence electrons. The molecule has 0 aromatic heterocycles. The third-order valence-corrected chi connectivity index (χ3v) is 7.49. The highest BCUT2D eigenvalue weighted by atomic mass is 32.2. The van der Waals surface area contributed by atoms with Crippen molar-refractivity contribution in [3.05, 3.63) is 23.8 Å². The molecule has 0 N–H and O–H groups in total. The fourth-order valence-electron chi connectivity index (χ4n) is 4.39. The van der Waals surface area contributed by atoms with Gasteiger partial charge in [0.25, 0.3) is 0 Å². The van der Waals surface area contributed by atoms with Crippen LogP contribution in [0.4, 0.5) is 0 Å². The van der Waals surface area contributed by atoms with E-state index in [1.54, 1.807) is 23.5 Å². The Morgan fingerprint density at radius 3 is 2.67 bits per heavy atom. The van der Waals surface area contributed by atoms with E-state index in [9.17, 15) is 8.42 Å². The molecule has 2 aliphatic rings. The molecule has 0 bridgehead atoms. The van der Waals surface area contributed by atoms with Crippen molar-refractivity contribution < 1.29 is 17.9 Å². The first-order chi connectivity index (χ1) is 11.4. The molecule has 1 aliphatic carbocycles. The zero-order chi connectivity index (χ0) is 17.4. The zero-order valence-corrected chi connectivity index (χ0v) is 15.6. The summed E-state index contributed by atoms with van der Waals surface area (Å²) in [5.74, 6) is 0.412. The second-order valence-electron chi connectivity index (χ2n) is 7.08. The van der Waals surface area contributed by atoms with Gasteiger partial charge >= 0.3 is 0 Å². The fourth-order valence-corrected chi connectivity index (χ4v) is 6.20. The van der Waals surface area contributed by atoms with E-state index in [-0.39, 0.29) is 16.4 Å². The Morgan fingerprint density at radius 1 is 1.21 bits per heavy atom. The molecule has 1 spiro atoms. The van der Waals surface area contributed by atoms with Crippen LogP contribution in [0.2, 0.25) is 0 Å². The van der Waals surface area contributed by atoms with E-state index in [0.717, 1.165) is 37.7 Å². The molecule has 1 aromatic rings. The van der Waals surface area contributed by atoms with Crippen LogP contribution in [0.5, 0.6) is 5.75 Å². The Kier molecular flexibility index (Phi) is 4.91. The fraction of sp³-hybridized carbons (Fsp3) is 0.667. The van der Waals surface area contributed by atoms with E-state index in [1.807, 2.05) is 13.0 Å². The molecule has 0 amide bonds. The molecule has 1 aliphatic heterocycles. The summed E-state index contributed by atoms with van der Waals surface area (Å²) in [7, 11) is -0.312. The van der Waals surface area contributed by atoms with Gasteiger partial charge in [0.2, 0.25) is 10.0 Å². The van der Waals surface area contributed by atoms with Gasteiger partial charge in [-0.2, -0.15) is 4.31 Å². The summed E-state index contributed by atoms with van der Waals surface area (Å²) in [5, 5.41) is 0. The molecule has 2 fully saturated rings. The lowest BCUT2D eigenvalue weighted by atomic mass is 9.77. The van der Waals surface area contributed by atoms with Crippen LogP contribution in [0.15, 0.2) is 23.1 Å². The summed E-state index contributed by atoms with van der Waals surface area (Å²) >= 11 is 0. The lowest BCUT2D eigenvalue weighted by Gasteiger charge is -2.43. The van der Waals surface area contributed by atoms with Crippen LogP contribution in [0.25, 0.3) is 0 Å². The second kappa shape index (κ2) is 6.65. The van der Waals surface area contributed by atoms with Crippen LogP contribution in [0.1, 0.15) is 37.7 Å². The van der Waals surface area contributed by atoms with Crippen LogP contribution < -0.4 is 4.74 Å². The van der Waals surface area contributed by atoms with Crippen LogP contribution in [0.3, 0.4) is 0 Å². The second-order valence-corrected chi connectivity index (χ2v) is 8.98. The molecule has 1 saturated heterocycles. The summed E-state index contributed by atoms with van der Waals surface area (Å²) in [6.45, 7) is 3.01. The Balaban J connectivity index is 1.94. The number of sulfonamides is 1. The first-order valence-electron chi connectivity index (χ1n) is 8.60. The average Bonchev–Trinajstić information content (AvgIpc) is 2.96. The SMILES string of the molecule is COc1ccc(C)cc1S(=O)(=O)N1CCC[C@@]2(CCC[C@H]2OC)C1. The number of methoxy groups -OCH3 is 2. The van der Waals surface area contributed by atoms with Gasteiger partial charge in [0.15, 0.2) is 0 Å². The van der Waals surface area contributed by atoms with Crippen molar-refractivity contribution in [1.29, 1.82) is 0 Å². The van der Waals surface area contributed by atoms with E-state index in [2.05, 4.69) is 0 Å². The van der Waals surface area contributed by atoms with Crippen LogP contribution in [-0.2, 0) is 14.8 Å².